The highest BCUT2D eigenvalue weighted by Gasteiger charge is 2.41. The third-order valence-corrected chi connectivity index (χ3v) is 5.40. The second-order valence-corrected chi connectivity index (χ2v) is 7.11. The van der Waals surface area contributed by atoms with Crippen molar-refractivity contribution >= 4 is 23.0 Å². The first-order valence-corrected chi connectivity index (χ1v) is 9.03. The van der Waals surface area contributed by atoms with Crippen LogP contribution < -0.4 is 21.3 Å². The lowest BCUT2D eigenvalue weighted by atomic mass is 9.85. The number of nitrogens with zero attached hydrogens (tertiary/aromatic N) is 1. The number of nitrogens with two attached hydrogens (primary N) is 1. The molecule has 5 nitrogen and oxygen atoms in total. The summed E-state index contributed by atoms with van der Waals surface area (Å²) in [5.41, 5.74) is 8.55. The molecule has 1 saturated heterocycles. The average Bonchev–Trinajstić information content (AvgIpc) is 2.54. The van der Waals surface area contributed by atoms with Crippen molar-refractivity contribution in [3.8, 4) is 0 Å². The van der Waals surface area contributed by atoms with E-state index in [0.717, 1.165) is 30.9 Å². The summed E-state index contributed by atoms with van der Waals surface area (Å²) in [6, 6.07) is 3.29. The van der Waals surface area contributed by atoms with Crippen LogP contribution in [0.5, 0.6) is 0 Å². The molecule has 0 aromatic heterocycles. The molecule has 4 N–H and O–H groups in total. The van der Waals surface area contributed by atoms with E-state index < -0.39 is 12.1 Å². The lowest BCUT2D eigenvalue weighted by molar-refractivity contribution is -0.182. The first-order chi connectivity index (χ1) is 12.3. The highest BCUT2D eigenvalue weighted by molar-refractivity contribution is 6.02. The minimum atomic E-state index is -4.14. The zero-order valence-corrected chi connectivity index (χ0v) is 14.8. The Hall–Kier alpha value is -2.12. The van der Waals surface area contributed by atoms with Crippen LogP contribution in [0.1, 0.15) is 42.5 Å². The number of anilines is 3. The smallest absolute Gasteiger partial charge is 0.391 e. The number of nitrogens with one attached hydrogen (secondary N) is 2. The zero-order chi connectivity index (χ0) is 18.9. The Morgan fingerprint density at radius 2 is 1.85 bits per heavy atom. The largest absolute Gasteiger partial charge is 0.397 e. The van der Waals surface area contributed by atoms with Gasteiger partial charge >= 0.3 is 6.18 Å². The summed E-state index contributed by atoms with van der Waals surface area (Å²) >= 11 is 0. The van der Waals surface area contributed by atoms with Crippen molar-refractivity contribution < 1.29 is 18.0 Å². The fourth-order valence-electron chi connectivity index (χ4n) is 3.65. The molecule has 0 atom stereocenters. The SMILES string of the molecule is CNc1cc(N2CCC2)c(C(=O)NC2CCC(C(F)(F)F)CC2)cc1N. The molecule has 0 bridgehead atoms. The number of rotatable bonds is 4. The summed E-state index contributed by atoms with van der Waals surface area (Å²) < 4.78 is 38.4. The third-order valence-electron chi connectivity index (χ3n) is 5.40. The number of nitrogen functional groups attached to an aromatic ring is 1. The molecule has 0 radical (unpaired) electrons. The van der Waals surface area contributed by atoms with Crippen LogP contribution in [0.3, 0.4) is 0 Å². The maximum Gasteiger partial charge on any atom is 0.391 e. The fraction of sp³-hybridized carbons (Fsp3) is 0.611. The fourth-order valence-corrected chi connectivity index (χ4v) is 3.65. The van der Waals surface area contributed by atoms with Gasteiger partial charge in [-0.25, -0.2) is 0 Å². The van der Waals surface area contributed by atoms with Gasteiger partial charge in [-0.3, -0.25) is 4.79 Å². The lowest BCUT2D eigenvalue weighted by Crippen LogP contribution is -2.42. The van der Waals surface area contributed by atoms with Gasteiger partial charge in [0.25, 0.3) is 5.91 Å². The van der Waals surface area contributed by atoms with E-state index in [1.807, 2.05) is 6.07 Å². The van der Waals surface area contributed by atoms with Crippen LogP contribution in [0.15, 0.2) is 12.1 Å². The molecule has 0 unspecified atom stereocenters. The van der Waals surface area contributed by atoms with Gasteiger partial charge in [0, 0.05) is 26.2 Å². The van der Waals surface area contributed by atoms with Crippen molar-refractivity contribution in [2.75, 3.05) is 36.1 Å². The van der Waals surface area contributed by atoms with Gasteiger partial charge in [0.2, 0.25) is 0 Å². The predicted octanol–water partition coefficient (Wildman–Crippen LogP) is 3.37. The van der Waals surface area contributed by atoms with Gasteiger partial charge in [-0.05, 0) is 44.2 Å². The number of hydrogen-bond donors (Lipinski definition) is 3. The minimum Gasteiger partial charge on any atom is -0.397 e. The molecular weight excluding hydrogens is 345 g/mol. The molecule has 1 amide bonds. The summed E-state index contributed by atoms with van der Waals surface area (Å²) in [7, 11) is 1.77. The van der Waals surface area contributed by atoms with Gasteiger partial charge < -0.3 is 21.3 Å². The van der Waals surface area contributed by atoms with Gasteiger partial charge in [-0.2, -0.15) is 13.2 Å². The number of carbonyl (C=O) groups excluding carboxylic acids is 1. The Balaban J connectivity index is 1.71. The van der Waals surface area contributed by atoms with Crippen molar-refractivity contribution in [3.05, 3.63) is 17.7 Å². The van der Waals surface area contributed by atoms with E-state index in [0.29, 0.717) is 24.1 Å². The second-order valence-electron chi connectivity index (χ2n) is 7.11. The molecule has 1 aliphatic heterocycles. The van der Waals surface area contributed by atoms with E-state index in [2.05, 4.69) is 15.5 Å². The first-order valence-electron chi connectivity index (χ1n) is 9.03. The molecule has 1 saturated carbocycles. The Bertz CT molecular complexity index is 665. The molecule has 8 heteroatoms. The highest BCUT2D eigenvalue weighted by Crippen LogP contribution is 2.38. The average molecular weight is 370 g/mol. The molecule has 2 aliphatic rings. The number of amides is 1. The van der Waals surface area contributed by atoms with Crippen LogP contribution in [0, 0.1) is 5.92 Å². The van der Waals surface area contributed by atoms with Crippen molar-refractivity contribution in [2.24, 2.45) is 5.92 Å². The Morgan fingerprint density at radius 3 is 2.35 bits per heavy atom. The molecule has 1 aromatic rings. The van der Waals surface area contributed by atoms with Gasteiger partial charge in [0.15, 0.2) is 0 Å². The number of carbonyl (C=O) groups is 1. The van der Waals surface area contributed by atoms with E-state index in [4.69, 9.17) is 5.73 Å². The first kappa shape index (κ1) is 18.7. The van der Waals surface area contributed by atoms with E-state index in [1.165, 1.54) is 0 Å². The maximum atomic E-state index is 12.8. The van der Waals surface area contributed by atoms with Crippen molar-refractivity contribution in [3.63, 3.8) is 0 Å². The zero-order valence-electron chi connectivity index (χ0n) is 14.8. The van der Waals surface area contributed by atoms with Crippen molar-refractivity contribution in [2.45, 2.75) is 44.3 Å². The van der Waals surface area contributed by atoms with Crippen LogP contribution >= 0.6 is 0 Å². The standard InChI is InChI=1S/C18H25F3N4O/c1-23-15-10-16(25-7-2-8-25)13(9-14(15)22)17(26)24-12-5-3-11(4-6-12)18(19,20)21/h9-12,23H,2-8,22H2,1H3,(H,24,26). The number of alkyl halides is 3. The van der Waals surface area contributed by atoms with Gasteiger partial charge in [-0.15, -0.1) is 0 Å². The second kappa shape index (κ2) is 7.25. The highest BCUT2D eigenvalue weighted by atomic mass is 19.4. The number of benzene rings is 1. The molecule has 26 heavy (non-hydrogen) atoms. The molecule has 2 fully saturated rings. The Labute approximate surface area is 151 Å². The minimum absolute atomic E-state index is 0.0638. The maximum absolute atomic E-state index is 12.8. The normalized spacial score (nSPS) is 23.3. The quantitative estimate of drug-likeness (QED) is 0.711. The number of halogens is 3. The summed E-state index contributed by atoms with van der Waals surface area (Å²) in [6.45, 7) is 1.76. The Morgan fingerprint density at radius 1 is 1.19 bits per heavy atom. The Kier molecular flexibility index (Phi) is 5.20. The molecule has 1 aliphatic carbocycles. The lowest BCUT2D eigenvalue weighted by Gasteiger charge is -2.35. The molecule has 1 heterocycles. The summed E-state index contributed by atoms with van der Waals surface area (Å²) in [5, 5.41) is 5.92. The summed E-state index contributed by atoms with van der Waals surface area (Å²) in [4.78, 5) is 14.9. The van der Waals surface area contributed by atoms with Crippen molar-refractivity contribution in [1.82, 2.24) is 5.32 Å². The van der Waals surface area contributed by atoms with Crippen molar-refractivity contribution in [1.29, 1.82) is 0 Å². The monoisotopic (exact) mass is 370 g/mol. The van der Waals surface area contributed by atoms with Crippen LogP contribution in [0.2, 0.25) is 0 Å². The molecule has 144 valence electrons. The summed E-state index contributed by atoms with van der Waals surface area (Å²) in [5.74, 6) is -1.52. The topological polar surface area (TPSA) is 70.4 Å². The van der Waals surface area contributed by atoms with Crippen LogP contribution in [-0.2, 0) is 0 Å². The summed E-state index contributed by atoms with van der Waals surface area (Å²) in [6.07, 6.45) is -2.25. The van der Waals surface area contributed by atoms with Gasteiger partial charge in [0.1, 0.15) is 0 Å². The van der Waals surface area contributed by atoms with Gasteiger partial charge in [0.05, 0.1) is 28.5 Å². The predicted molar refractivity (Wildman–Crippen MR) is 96.5 cm³/mol. The van der Waals surface area contributed by atoms with E-state index in [1.54, 1.807) is 13.1 Å². The van der Waals surface area contributed by atoms with E-state index >= 15 is 0 Å². The number of hydrogen-bond acceptors (Lipinski definition) is 4. The molecular formula is C18H25F3N4O. The molecule has 3 rings (SSSR count). The van der Waals surface area contributed by atoms with E-state index in [9.17, 15) is 18.0 Å². The van der Waals surface area contributed by atoms with Gasteiger partial charge in [-0.1, -0.05) is 0 Å². The van der Waals surface area contributed by atoms with Crippen LogP contribution in [0.4, 0.5) is 30.2 Å². The molecule has 1 aromatic carbocycles. The van der Waals surface area contributed by atoms with Crippen LogP contribution in [0.25, 0.3) is 0 Å². The van der Waals surface area contributed by atoms with Crippen LogP contribution in [-0.4, -0.2) is 38.3 Å². The third kappa shape index (κ3) is 3.83. The molecule has 0 spiro atoms. The van der Waals surface area contributed by atoms with E-state index in [-0.39, 0.29) is 24.8 Å².